The minimum absolute atomic E-state index is 0.944. The van der Waals surface area contributed by atoms with Crippen molar-refractivity contribution in [2.75, 3.05) is 24.4 Å². The minimum atomic E-state index is 0.944. The van der Waals surface area contributed by atoms with E-state index in [4.69, 9.17) is 0 Å². The summed E-state index contributed by atoms with van der Waals surface area (Å²) in [6, 6.07) is 16.3. The third kappa shape index (κ3) is 3.74. The molecular formula is C19H19BrN4. The van der Waals surface area contributed by atoms with Crippen molar-refractivity contribution in [3.05, 3.63) is 64.3 Å². The van der Waals surface area contributed by atoms with Gasteiger partial charge in [-0.15, -0.1) is 0 Å². The summed E-state index contributed by atoms with van der Waals surface area (Å²) in [5.41, 5.74) is 8.20. The molecule has 0 aliphatic rings. The largest absolute Gasteiger partial charge is 0.378 e. The monoisotopic (exact) mass is 382 g/mol. The topological polar surface area (TPSA) is 40.5 Å². The van der Waals surface area contributed by atoms with Gasteiger partial charge in [0.05, 0.1) is 17.4 Å². The normalized spacial score (nSPS) is 11.2. The maximum absolute atomic E-state index is 4.55. The zero-order valence-corrected chi connectivity index (χ0v) is 15.5. The molecule has 0 aliphatic carbocycles. The number of benzene rings is 2. The van der Waals surface area contributed by atoms with E-state index >= 15 is 0 Å². The van der Waals surface area contributed by atoms with Crippen LogP contribution >= 0.6 is 15.9 Å². The number of anilines is 2. The highest BCUT2D eigenvalue weighted by Crippen LogP contribution is 2.26. The van der Waals surface area contributed by atoms with Crippen molar-refractivity contribution in [2.45, 2.75) is 6.92 Å². The van der Waals surface area contributed by atoms with Crippen molar-refractivity contribution >= 4 is 44.4 Å². The maximum Gasteiger partial charge on any atom is 0.0727 e. The Hall–Kier alpha value is -2.40. The molecule has 1 aromatic heterocycles. The average Bonchev–Trinajstić information content (AvgIpc) is 2.56. The standard InChI is InChI=1S/C19H19BrN4/c1-13-10-19(17-11-15(20)6-9-18(17)22-13)23-21-12-14-4-7-16(8-5-14)24(2)3/h4-12H,1-3H3,(H,22,23)/b21-12-. The Morgan fingerprint density at radius 3 is 2.54 bits per heavy atom. The van der Waals surface area contributed by atoms with E-state index in [1.54, 1.807) is 0 Å². The summed E-state index contributed by atoms with van der Waals surface area (Å²) in [7, 11) is 4.05. The fraction of sp³-hybridized carbons (Fsp3) is 0.158. The maximum atomic E-state index is 4.55. The average molecular weight is 383 g/mol. The zero-order chi connectivity index (χ0) is 17.1. The van der Waals surface area contributed by atoms with E-state index in [2.05, 4.69) is 48.5 Å². The number of aromatic nitrogens is 1. The Morgan fingerprint density at radius 2 is 1.83 bits per heavy atom. The lowest BCUT2D eigenvalue weighted by molar-refractivity contribution is 1.13. The number of hydrogen-bond donors (Lipinski definition) is 1. The number of nitrogens with zero attached hydrogens (tertiary/aromatic N) is 3. The fourth-order valence-corrected chi connectivity index (χ4v) is 2.82. The minimum Gasteiger partial charge on any atom is -0.378 e. The van der Waals surface area contributed by atoms with E-state index in [0.29, 0.717) is 0 Å². The van der Waals surface area contributed by atoms with Crippen molar-refractivity contribution in [1.82, 2.24) is 4.98 Å². The fourth-order valence-electron chi connectivity index (χ4n) is 2.46. The summed E-state index contributed by atoms with van der Waals surface area (Å²) in [6.07, 6.45) is 1.82. The summed E-state index contributed by atoms with van der Waals surface area (Å²) in [6.45, 7) is 1.98. The van der Waals surface area contributed by atoms with Gasteiger partial charge in [-0.2, -0.15) is 5.10 Å². The highest BCUT2D eigenvalue weighted by molar-refractivity contribution is 9.10. The first-order valence-corrected chi connectivity index (χ1v) is 8.45. The van der Waals surface area contributed by atoms with Crippen LogP contribution in [0.2, 0.25) is 0 Å². The van der Waals surface area contributed by atoms with Gasteiger partial charge in [-0.1, -0.05) is 28.1 Å². The molecule has 0 saturated heterocycles. The van der Waals surface area contributed by atoms with Crippen molar-refractivity contribution < 1.29 is 0 Å². The van der Waals surface area contributed by atoms with Gasteiger partial charge >= 0.3 is 0 Å². The summed E-state index contributed by atoms with van der Waals surface area (Å²) in [5, 5.41) is 5.41. The van der Waals surface area contributed by atoms with Crippen LogP contribution in [0.4, 0.5) is 11.4 Å². The molecule has 0 radical (unpaired) electrons. The van der Waals surface area contributed by atoms with Gasteiger partial charge in [-0.05, 0) is 48.9 Å². The number of fused-ring (bicyclic) bond motifs is 1. The number of hydrogen-bond acceptors (Lipinski definition) is 4. The van der Waals surface area contributed by atoms with Gasteiger partial charge in [0.15, 0.2) is 0 Å². The molecule has 0 atom stereocenters. The van der Waals surface area contributed by atoms with E-state index in [0.717, 1.165) is 32.3 Å². The molecule has 3 aromatic rings. The van der Waals surface area contributed by atoms with E-state index in [-0.39, 0.29) is 0 Å². The molecule has 1 heterocycles. The summed E-state index contributed by atoms with van der Waals surface area (Å²) < 4.78 is 1.02. The van der Waals surface area contributed by atoms with E-state index in [1.165, 1.54) is 5.69 Å². The first kappa shape index (κ1) is 16.5. The van der Waals surface area contributed by atoms with Gasteiger partial charge in [0, 0.05) is 35.3 Å². The summed E-state index contributed by atoms with van der Waals surface area (Å²) in [4.78, 5) is 6.62. The third-order valence-electron chi connectivity index (χ3n) is 3.71. The van der Waals surface area contributed by atoms with Gasteiger partial charge in [0.1, 0.15) is 0 Å². The van der Waals surface area contributed by atoms with Crippen LogP contribution in [0.25, 0.3) is 10.9 Å². The lowest BCUT2D eigenvalue weighted by atomic mass is 10.1. The smallest absolute Gasteiger partial charge is 0.0727 e. The Kier molecular flexibility index (Phi) is 4.81. The van der Waals surface area contributed by atoms with Crippen molar-refractivity contribution in [3.63, 3.8) is 0 Å². The molecule has 5 heteroatoms. The zero-order valence-electron chi connectivity index (χ0n) is 13.9. The first-order chi connectivity index (χ1) is 11.5. The van der Waals surface area contributed by atoms with Crippen LogP contribution in [0, 0.1) is 6.92 Å². The molecule has 122 valence electrons. The van der Waals surface area contributed by atoms with Crippen LogP contribution in [0.5, 0.6) is 0 Å². The molecule has 4 nitrogen and oxygen atoms in total. The van der Waals surface area contributed by atoms with Crippen LogP contribution in [0.1, 0.15) is 11.3 Å². The molecule has 3 rings (SSSR count). The highest BCUT2D eigenvalue weighted by Gasteiger charge is 2.04. The summed E-state index contributed by atoms with van der Waals surface area (Å²) in [5.74, 6) is 0. The number of pyridine rings is 1. The quantitative estimate of drug-likeness (QED) is 0.519. The molecule has 0 bridgehead atoms. The Bertz CT molecular complexity index is 886. The number of halogens is 1. The Balaban J connectivity index is 1.83. The van der Waals surface area contributed by atoms with Crippen LogP contribution < -0.4 is 10.3 Å². The molecule has 24 heavy (non-hydrogen) atoms. The molecule has 0 aliphatic heterocycles. The molecule has 0 saturated carbocycles. The second-order valence-electron chi connectivity index (χ2n) is 5.83. The molecule has 0 fully saturated rings. The molecule has 0 unspecified atom stereocenters. The Labute approximate surface area is 150 Å². The van der Waals surface area contributed by atoms with Gasteiger partial charge in [0.2, 0.25) is 0 Å². The van der Waals surface area contributed by atoms with Crippen LogP contribution in [-0.4, -0.2) is 25.3 Å². The van der Waals surface area contributed by atoms with Crippen molar-refractivity contribution in [1.29, 1.82) is 0 Å². The SMILES string of the molecule is Cc1cc(N/N=C\c2ccc(N(C)C)cc2)c2cc(Br)ccc2n1. The van der Waals surface area contributed by atoms with E-state index in [9.17, 15) is 0 Å². The summed E-state index contributed by atoms with van der Waals surface area (Å²) >= 11 is 3.51. The van der Waals surface area contributed by atoms with Crippen LogP contribution in [0.15, 0.2) is 58.1 Å². The second kappa shape index (κ2) is 7.01. The number of nitrogens with one attached hydrogen (secondary N) is 1. The molecule has 1 N–H and O–H groups in total. The van der Waals surface area contributed by atoms with Crippen molar-refractivity contribution in [2.24, 2.45) is 5.10 Å². The van der Waals surface area contributed by atoms with E-state index < -0.39 is 0 Å². The van der Waals surface area contributed by atoms with Crippen LogP contribution in [-0.2, 0) is 0 Å². The second-order valence-corrected chi connectivity index (χ2v) is 6.74. The van der Waals surface area contributed by atoms with Crippen molar-refractivity contribution in [3.8, 4) is 0 Å². The first-order valence-electron chi connectivity index (χ1n) is 7.66. The van der Waals surface area contributed by atoms with Gasteiger partial charge in [0.25, 0.3) is 0 Å². The van der Waals surface area contributed by atoms with Gasteiger partial charge < -0.3 is 4.90 Å². The van der Waals surface area contributed by atoms with Gasteiger partial charge in [-0.25, -0.2) is 0 Å². The third-order valence-corrected chi connectivity index (χ3v) is 4.20. The molecule has 0 spiro atoms. The number of hydrazone groups is 1. The Morgan fingerprint density at radius 1 is 1.08 bits per heavy atom. The van der Waals surface area contributed by atoms with Gasteiger partial charge in [-0.3, -0.25) is 10.4 Å². The number of rotatable bonds is 4. The predicted molar refractivity (Wildman–Crippen MR) is 106 cm³/mol. The highest BCUT2D eigenvalue weighted by atomic mass is 79.9. The predicted octanol–water partition coefficient (Wildman–Crippen LogP) is 4.82. The lowest BCUT2D eigenvalue weighted by Gasteiger charge is -2.11. The van der Waals surface area contributed by atoms with Crippen LogP contribution in [0.3, 0.4) is 0 Å². The molecular weight excluding hydrogens is 364 g/mol. The van der Waals surface area contributed by atoms with E-state index in [1.807, 2.05) is 63.6 Å². The lowest BCUT2D eigenvalue weighted by Crippen LogP contribution is -2.08. The molecule has 0 amide bonds. The number of aryl methyl sites for hydroxylation is 1. The molecule has 2 aromatic carbocycles.